The molecule has 1 fully saturated rings. The Morgan fingerprint density at radius 2 is 1.90 bits per heavy atom. The van der Waals surface area contributed by atoms with Crippen molar-refractivity contribution in [2.75, 3.05) is 6.54 Å². The first-order valence-corrected chi connectivity index (χ1v) is 11.3. The summed E-state index contributed by atoms with van der Waals surface area (Å²) in [5, 5.41) is 19.9. The summed E-state index contributed by atoms with van der Waals surface area (Å²) in [6, 6.07) is 9.78. The van der Waals surface area contributed by atoms with Crippen LogP contribution in [-0.4, -0.2) is 37.9 Å². The molecule has 8 heteroatoms. The van der Waals surface area contributed by atoms with Crippen molar-refractivity contribution in [1.82, 2.24) is 4.90 Å². The molecule has 0 radical (unpaired) electrons. The van der Waals surface area contributed by atoms with Gasteiger partial charge in [-0.2, -0.15) is 0 Å². The lowest BCUT2D eigenvalue weighted by Crippen LogP contribution is -2.29. The van der Waals surface area contributed by atoms with Crippen LogP contribution in [-0.2, 0) is 16.2 Å². The highest BCUT2D eigenvalue weighted by Gasteiger charge is 2.31. The Kier molecular flexibility index (Phi) is 7.60. The summed E-state index contributed by atoms with van der Waals surface area (Å²) in [6.45, 7) is 0.547. The standard InChI is InChI=1S/C21H21NO4S3/c23-12-14-5-7-15(8-6-14)16-10-17(28-13-16)11-18-20(26)22(21(27)29-18)9-3-1-2-4-19(24)25/h5-8,10-11,13,23H,1-4,9,12H2,(H,24,25)/b18-11-. The van der Waals surface area contributed by atoms with Gasteiger partial charge in [-0.1, -0.05) is 54.7 Å². The number of benzene rings is 1. The number of carbonyl (C=O) groups excluding carboxylic acids is 1. The number of carboxylic acid groups (broad SMARTS) is 1. The van der Waals surface area contributed by atoms with Gasteiger partial charge in [-0.3, -0.25) is 14.5 Å². The van der Waals surface area contributed by atoms with Crippen molar-refractivity contribution in [2.24, 2.45) is 0 Å². The topological polar surface area (TPSA) is 77.8 Å². The average molecular weight is 448 g/mol. The molecule has 1 aromatic carbocycles. The number of thioether (sulfide) groups is 1. The van der Waals surface area contributed by atoms with Gasteiger partial charge in [0.1, 0.15) is 4.32 Å². The molecule has 152 valence electrons. The molecule has 1 saturated heterocycles. The van der Waals surface area contributed by atoms with E-state index in [9.17, 15) is 9.59 Å². The van der Waals surface area contributed by atoms with Gasteiger partial charge in [0, 0.05) is 17.8 Å². The lowest BCUT2D eigenvalue weighted by atomic mass is 10.1. The van der Waals surface area contributed by atoms with E-state index in [-0.39, 0.29) is 18.9 Å². The van der Waals surface area contributed by atoms with Crippen LogP contribution in [0.25, 0.3) is 17.2 Å². The van der Waals surface area contributed by atoms with E-state index in [1.807, 2.05) is 41.8 Å². The van der Waals surface area contributed by atoms with Gasteiger partial charge in [-0.05, 0) is 47.1 Å². The van der Waals surface area contributed by atoms with E-state index in [2.05, 4.69) is 0 Å². The Morgan fingerprint density at radius 3 is 2.59 bits per heavy atom. The number of carbonyl (C=O) groups is 2. The Bertz CT molecular complexity index is 934. The van der Waals surface area contributed by atoms with Crippen LogP contribution in [0, 0.1) is 0 Å². The molecule has 1 amide bonds. The number of rotatable bonds is 9. The third-order valence-electron chi connectivity index (χ3n) is 4.51. The summed E-state index contributed by atoms with van der Waals surface area (Å²) < 4.78 is 0.552. The van der Waals surface area contributed by atoms with Crippen LogP contribution in [0.4, 0.5) is 0 Å². The molecular formula is C21H21NO4S3. The van der Waals surface area contributed by atoms with Crippen molar-refractivity contribution in [3.05, 3.63) is 51.1 Å². The second-order valence-corrected chi connectivity index (χ2v) is 9.25. The van der Waals surface area contributed by atoms with Gasteiger partial charge >= 0.3 is 5.97 Å². The third-order valence-corrected chi connectivity index (χ3v) is 6.77. The van der Waals surface area contributed by atoms with Crippen LogP contribution in [0.5, 0.6) is 0 Å². The fraction of sp³-hybridized carbons (Fsp3) is 0.286. The van der Waals surface area contributed by atoms with Gasteiger partial charge in [0.15, 0.2) is 0 Å². The molecule has 0 unspecified atom stereocenters. The van der Waals surface area contributed by atoms with Gasteiger partial charge in [-0.25, -0.2) is 0 Å². The van der Waals surface area contributed by atoms with Gasteiger partial charge in [0.25, 0.3) is 5.91 Å². The lowest BCUT2D eigenvalue weighted by Gasteiger charge is -2.13. The maximum absolute atomic E-state index is 12.7. The Morgan fingerprint density at radius 1 is 1.14 bits per heavy atom. The summed E-state index contributed by atoms with van der Waals surface area (Å²) in [6.07, 6.45) is 4.13. The molecular weight excluding hydrogens is 426 g/mol. The molecule has 2 heterocycles. The first kappa shape index (κ1) is 21.7. The second kappa shape index (κ2) is 10.2. The number of thiophene rings is 1. The average Bonchev–Trinajstić information content (AvgIpc) is 3.27. The number of hydrogen-bond donors (Lipinski definition) is 2. The first-order chi connectivity index (χ1) is 14.0. The highest BCUT2D eigenvalue weighted by atomic mass is 32.2. The van der Waals surface area contributed by atoms with Crippen molar-refractivity contribution in [3.8, 4) is 11.1 Å². The number of thiocarbonyl (C=S) groups is 1. The molecule has 2 aromatic rings. The minimum absolute atomic E-state index is 0.0244. The predicted octanol–water partition coefficient (Wildman–Crippen LogP) is 4.75. The molecule has 0 aliphatic carbocycles. The number of aliphatic hydroxyl groups is 1. The normalized spacial score (nSPS) is 15.5. The van der Waals surface area contributed by atoms with Crippen molar-refractivity contribution in [2.45, 2.75) is 32.3 Å². The van der Waals surface area contributed by atoms with Crippen LogP contribution in [0.2, 0.25) is 0 Å². The van der Waals surface area contributed by atoms with Gasteiger partial charge < -0.3 is 10.2 Å². The maximum Gasteiger partial charge on any atom is 0.303 e. The molecule has 0 saturated carbocycles. The van der Waals surface area contributed by atoms with Crippen molar-refractivity contribution >= 4 is 57.6 Å². The Labute approximate surface area is 183 Å². The Balaban J connectivity index is 1.62. The summed E-state index contributed by atoms with van der Waals surface area (Å²) >= 11 is 8.23. The van der Waals surface area contributed by atoms with Crippen molar-refractivity contribution in [1.29, 1.82) is 0 Å². The zero-order valence-corrected chi connectivity index (χ0v) is 18.1. The monoisotopic (exact) mass is 447 g/mol. The largest absolute Gasteiger partial charge is 0.481 e. The van der Waals surface area contributed by atoms with Crippen molar-refractivity contribution in [3.63, 3.8) is 0 Å². The fourth-order valence-electron chi connectivity index (χ4n) is 2.93. The molecule has 29 heavy (non-hydrogen) atoms. The summed E-state index contributed by atoms with van der Waals surface area (Å²) in [7, 11) is 0. The Hall–Kier alpha value is -2.00. The number of aliphatic carboxylic acids is 1. The quantitative estimate of drug-likeness (QED) is 0.328. The fourth-order valence-corrected chi connectivity index (χ4v) is 5.15. The highest BCUT2D eigenvalue weighted by Crippen LogP contribution is 2.35. The minimum Gasteiger partial charge on any atom is -0.481 e. The molecule has 0 bridgehead atoms. The molecule has 1 aliphatic rings. The SMILES string of the molecule is O=C(O)CCCCCN1C(=O)/C(=C/c2cc(-c3ccc(CO)cc3)cs2)SC1=S. The van der Waals surface area contributed by atoms with Crippen molar-refractivity contribution < 1.29 is 19.8 Å². The van der Waals surface area contributed by atoms with E-state index in [0.717, 1.165) is 34.4 Å². The summed E-state index contributed by atoms with van der Waals surface area (Å²) in [5.74, 6) is -0.876. The number of carboxylic acids is 1. The number of aliphatic hydroxyl groups excluding tert-OH is 1. The second-order valence-electron chi connectivity index (χ2n) is 6.63. The van der Waals surface area contributed by atoms with E-state index >= 15 is 0 Å². The van der Waals surface area contributed by atoms with E-state index in [4.69, 9.17) is 22.4 Å². The molecule has 1 aromatic heterocycles. The highest BCUT2D eigenvalue weighted by molar-refractivity contribution is 8.26. The van der Waals surface area contributed by atoms with E-state index < -0.39 is 5.97 Å². The number of amides is 1. The molecule has 5 nitrogen and oxygen atoms in total. The number of unbranched alkanes of at least 4 members (excludes halogenated alkanes) is 2. The van der Waals surface area contributed by atoms with E-state index in [1.54, 1.807) is 16.2 Å². The molecule has 2 N–H and O–H groups in total. The van der Waals surface area contributed by atoms with Gasteiger partial charge in [0.05, 0.1) is 11.5 Å². The predicted molar refractivity (Wildman–Crippen MR) is 122 cm³/mol. The molecule has 1 aliphatic heterocycles. The van der Waals surface area contributed by atoms with Crippen LogP contribution < -0.4 is 0 Å². The summed E-state index contributed by atoms with van der Waals surface area (Å²) in [4.78, 5) is 26.4. The lowest BCUT2D eigenvalue weighted by molar-refractivity contribution is -0.137. The van der Waals surface area contributed by atoms with Crippen LogP contribution in [0.1, 0.15) is 36.1 Å². The first-order valence-electron chi connectivity index (χ1n) is 9.24. The number of hydrogen-bond acceptors (Lipinski definition) is 6. The maximum atomic E-state index is 12.7. The summed E-state index contributed by atoms with van der Waals surface area (Å²) in [5.41, 5.74) is 3.00. The zero-order chi connectivity index (χ0) is 20.8. The van der Waals surface area contributed by atoms with E-state index in [1.165, 1.54) is 11.8 Å². The third kappa shape index (κ3) is 5.76. The minimum atomic E-state index is -0.793. The zero-order valence-electron chi connectivity index (χ0n) is 15.7. The van der Waals surface area contributed by atoms with Crippen LogP contribution in [0.3, 0.4) is 0 Å². The van der Waals surface area contributed by atoms with Gasteiger partial charge in [-0.15, -0.1) is 11.3 Å². The smallest absolute Gasteiger partial charge is 0.303 e. The number of nitrogens with zero attached hydrogens (tertiary/aromatic N) is 1. The molecule has 3 rings (SSSR count). The van der Waals surface area contributed by atoms with Crippen LogP contribution >= 0.6 is 35.3 Å². The van der Waals surface area contributed by atoms with E-state index in [0.29, 0.717) is 22.2 Å². The van der Waals surface area contributed by atoms with Gasteiger partial charge in [0.2, 0.25) is 0 Å². The van der Waals surface area contributed by atoms with Crippen LogP contribution in [0.15, 0.2) is 40.6 Å². The molecule has 0 atom stereocenters. The molecule has 0 spiro atoms.